The maximum atomic E-state index is 12.2. The minimum Gasteiger partial charge on any atom is -0.399 e. The molecule has 2 aromatic rings. The number of rotatable bonds is 1. The smallest absolute Gasteiger partial charge is 0.260 e. The van der Waals surface area contributed by atoms with Crippen molar-refractivity contribution in [1.29, 1.82) is 0 Å². The summed E-state index contributed by atoms with van der Waals surface area (Å²) in [6.07, 6.45) is 4.78. The molecule has 3 rings (SSSR count). The molecule has 0 aliphatic carbocycles. The monoisotopic (exact) mass is 272 g/mol. The Hall–Kier alpha value is -2.04. The van der Waals surface area contributed by atoms with Crippen molar-refractivity contribution in [2.45, 2.75) is 38.6 Å². The van der Waals surface area contributed by atoms with E-state index in [1.807, 2.05) is 6.07 Å². The molecule has 1 unspecified atom stereocenters. The molecule has 1 fully saturated rings. The van der Waals surface area contributed by atoms with Gasteiger partial charge in [-0.25, -0.2) is 4.98 Å². The van der Waals surface area contributed by atoms with E-state index < -0.39 is 0 Å². The average molecular weight is 272 g/mol. The predicted octanol–water partition coefficient (Wildman–Crippen LogP) is 2.27. The number of nitrogen functional groups attached to an aromatic ring is 1. The summed E-state index contributed by atoms with van der Waals surface area (Å²) in [6, 6.07) is 5.68. The minimum absolute atomic E-state index is 0.117. The first-order chi connectivity index (χ1) is 9.65. The molecule has 1 aliphatic rings. The Kier molecular flexibility index (Phi) is 3.34. The van der Waals surface area contributed by atoms with E-state index in [1.165, 1.54) is 12.8 Å². The maximum absolute atomic E-state index is 12.2. The van der Waals surface area contributed by atoms with Crippen LogP contribution in [0, 0.1) is 0 Å². The summed E-state index contributed by atoms with van der Waals surface area (Å²) in [4.78, 5) is 21.9. The number of hydrogen-bond donors (Lipinski definition) is 2. The van der Waals surface area contributed by atoms with Gasteiger partial charge in [-0.1, -0.05) is 12.8 Å². The molecule has 0 saturated carbocycles. The first kappa shape index (κ1) is 13.0. The van der Waals surface area contributed by atoms with Crippen molar-refractivity contribution < 1.29 is 0 Å². The van der Waals surface area contributed by atoms with Crippen molar-refractivity contribution in [2.24, 2.45) is 0 Å². The molecule has 0 radical (unpaired) electrons. The van der Waals surface area contributed by atoms with Crippen LogP contribution in [0.5, 0.6) is 0 Å². The number of H-pyrrole nitrogens is 1. The fourth-order valence-corrected chi connectivity index (χ4v) is 2.87. The Bertz CT molecular complexity index is 679. The normalized spacial score (nSPS) is 20.1. The van der Waals surface area contributed by atoms with E-state index >= 15 is 0 Å². The van der Waals surface area contributed by atoms with Gasteiger partial charge in [0.25, 0.3) is 5.56 Å². The molecule has 0 bridgehead atoms. The van der Waals surface area contributed by atoms with Gasteiger partial charge in [0.05, 0.1) is 10.9 Å². The van der Waals surface area contributed by atoms with Crippen molar-refractivity contribution in [3.05, 3.63) is 28.6 Å². The lowest BCUT2D eigenvalue weighted by molar-refractivity contribution is 0.605. The van der Waals surface area contributed by atoms with E-state index in [4.69, 9.17) is 5.73 Å². The highest BCUT2D eigenvalue weighted by Crippen LogP contribution is 2.22. The number of aromatic nitrogens is 2. The van der Waals surface area contributed by atoms with E-state index in [1.54, 1.807) is 12.1 Å². The van der Waals surface area contributed by atoms with Crippen molar-refractivity contribution >= 4 is 22.5 Å². The Morgan fingerprint density at radius 2 is 2.20 bits per heavy atom. The van der Waals surface area contributed by atoms with Crippen molar-refractivity contribution in [1.82, 2.24) is 9.97 Å². The van der Waals surface area contributed by atoms with E-state index in [-0.39, 0.29) is 5.56 Å². The number of benzene rings is 1. The largest absolute Gasteiger partial charge is 0.399 e. The molecular weight excluding hydrogens is 252 g/mol. The third kappa shape index (κ3) is 2.35. The Morgan fingerprint density at radius 1 is 1.35 bits per heavy atom. The average Bonchev–Trinajstić information content (AvgIpc) is 2.64. The van der Waals surface area contributed by atoms with Gasteiger partial charge < -0.3 is 10.6 Å². The fourth-order valence-electron chi connectivity index (χ4n) is 2.87. The lowest BCUT2D eigenvalue weighted by atomic mass is 10.1. The lowest BCUT2D eigenvalue weighted by Gasteiger charge is -2.27. The number of aromatic amines is 1. The molecule has 1 saturated heterocycles. The molecule has 5 heteroatoms. The number of nitrogens with zero attached hydrogens (tertiary/aromatic N) is 2. The van der Waals surface area contributed by atoms with Crippen LogP contribution in [0.4, 0.5) is 11.6 Å². The topological polar surface area (TPSA) is 75.0 Å². The molecule has 1 aromatic carbocycles. The van der Waals surface area contributed by atoms with Crippen LogP contribution in [0.2, 0.25) is 0 Å². The third-order valence-corrected chi connectivity index (χ3v) is 4.04. The standard InChI is InChI=1S/C15H20N4O/c1-10-5-3-2-4-8-19(10)15-17-13-7-6-11(16)9-12(13)14(20)18-15/h6-7,9-10H,2-5,8,16H2,1H3,(H,17,18,20). The second-order valence-electron chi connectivity index (χ2n) is 5.56. The summed E-state index contributed by atoms with van der Waals surface area (Å²) in [5.41, 5.74) is 6.90. The van der Waals surface area contributed by atoms with Crippen LogP contribution in [0.1, 0.15) is 32.6 Å². The van der Waals surface area contributed by atoms with Crippen LogP contribution in [0.15, 0.2) is 23.0 Å². The second kappa shape index (κ2) is 5.15. The highest BCUT2D eigenvalue weighted by Gasteiger charge is 2.19. The van der Waals surface area contributed by atoms with Crippen LogP contribution in [-0.2, 0) is 0 Å². The summed E-state index contributed by atoms with van der Waals surface area (Å²) in [7, 11) is 0. The summed E-state index contributed by atoms with van der Waals surface area (Å²) in [5.74, 6) is 0.682. The Balaban J connectivity index is 2.07. The highest BCUT2D eigenvalue weighted by atomic mass is 16.1. The summed E-state index contributed by atoms with van der Waals surface area (Å²) in [5, 5.41) is 0.552. The number of hydrogen-bond acceptors (Lipinski definition) is 4. The maximum Gasteiger partial charge on any atom is 0.260 e. The van der Waals surface area contributed by atoms with E-state index in [0.717, 1.165) is 19.4 Å². The third-order valence-electron chi connectivity index (χ3n) is 4.04. The summed E-state index contributed by atoms with van der Waals surface area (Å²) >= 11 is 0. The van der Waals surface area contributed by atoms with Gasteiger partial charge in [0.1, 0.15) is 0 Å². The highest BCUT2D eigenvalue weighted by molar-refractivity contribution is 5.81. The van der Waals surface area contributed by atoms with Crippen LogP contribution >= 0.6 is 0 Å². The van der Waals surface area contributed by atoms with Gasteiger partial charge in [-0.05, 0) is 38.0 Å². The Morgan fingerprint density at radius 3 is 3.05 bits per heavy atom. The van der Waals surface area contributed by atoms with Crippen molar-refractivity contribution in [3.8, 4) is 0 Å². The number of anilines is 2. The molecule has 106 valence electrons. The molecule has 0 spiro atoms. The van der Waals surface area contributed by atoms with E-state index in [2.05, 4.69) is 21.8 Å². The first-order valence-electron chi connectivity index (χ1n) is 7.21. The van der Waals surface area contributed by atoms with Gasteiger partial charge in [0.2, 0.25) is 5.95 Å². The van der Waals surface area contributed by atoms with E-state index in [9.17, 15) is 4.79 Å². The molecule has 2 heterocycles. The van der Waals surface area contributed by atoms with Crippen molar-refractivity contribution in [2.75, 3.05) is 17.2 Å². The zero-order valence-corrected chi connectivity index (χ0v) is 11.7. The number of nitrogens with two attached hydrogens (primary N) is 1. The van der Waals surface area contributed by atoms with Crippen LogP contribution in [0.25, 0.3) is 10.9 Å². The second-order valence-corrected chi connectivity index (χ2v) is 5.56. The predicted molar refractivity (Wildman–Crippen MR) is 82.1 cm³/mol. The van der Waals surface area contributed by atoms with Crippen LogP contribution in [-0.4, -0.2) is 22.6 Å². The SMILES string of the molecule is CC1CCCCCN1c1nc2ccc(N)cc2c(=O)[nH]1. The molecule has 5 nitrogen and oxygen atoms in total. The van der Waals surface area contributed by atoms with Gasteiger partial charge in [-0.3, -0.25) is 9.78 Å². The zero-order valence-electron chi connectivity index (χ0n) is 11.7. The summed E-state index contributed by atoms with van der Waals surface area (Å²) in [6.45, 7) is 3.14. The van der Waals surface area contributed by atoms with E-state index in [0.29, 0.717) is 28.6 Å². The number of fused-ring (bicyclic) bond motifs is 1. The summed E-state index contributed by atoms with van der Waals surface area (Å²) < 4.78 is 0. The molecular formula is C15H20N4O. The van der Waals surface area contributed by atoms with Gasteiger partial charge >= 0.3 is 0 Å². The first-order valence-corrected chi connectivity index (χ1v) is 7.21. The van der Waals surface area contributed by atoms with Crippen molar-refractivity contribution in [3.63, 3.8) is 0 Å². The zero-order chi connectivity index (χ0) is 14.1. The van der Waals surface area contributed by atoms with Crippen LogP contribution in [0.3, 0.4) is 0 Å². The lowest BCUT2D eigenvalue weighted by Crippen LogP contribution is -2.35. The number of nitrogens with one attached hydrogen (secondary N) is 1. The van der Waals surface area contributed by atoms with Gasteiger partial charge in [-0.15, -0.1) is 0 Å². The Labute approximate surface area is 117 Å². The van der Waals surface area contributed by atoms with Gasteiger partial charge in [0.15, 0.2) is 0 Å². The quantitative estimate of drug-likeness (QED) is 0.781. The minimum atomic E-state index is -0.117. The van der Waals surface area contributed by atoms with Crippen LogP contribution < -0.4 is 16.2 Å². The molecule has 20 heavy (non-hydrogen) atoms. The molecule has 0 amide bonds. The van der Waals surface area contributed by atoms with Gasteiger partial charge in [-0.2, -0.15) is 0 Å². The fraction of sp³-hybridized carbons (Fsp3) is 0.467. The molecule has 3 N–H and O–H groups in total. The molecule has 1 atom stereocenters. The molecule has 1 aliphatic heterocycles. The molecule has 1 aromatic heterocycles. The van der Waals surface area contributed by atoms with Gasteiger partial charge in [0, 0.05) is 18.3 Å².